The van der Waals surface area contributed by atoms with Crippen LogP contribution in [0.3, 0.4) is 0 Å². The van der Waals surface area contributed by atoms with Crippen molar-refractivity contribution in [1.29, 1.82) is 0 Å². The summed E-state index contributed by atoms with van der Waals surface area (Å²) in [5.41, 5.74) is 5.35. The van der Waals surface area contributed by atoms with E-state index in [0.717, 1.165) is 40.9 Å². The van der Waals surface area contributed by atoms with Gasteiger partial charge in [0.2, 0.25) is 5.13 Å². The lowest BCUT2D eigenvalue weighted by atomic mass is 9.97. The van der Waals surface area contributed by atoms with Crippen LogP contribution in [0.15, 0.2) is 64.9 Å². The van der Waals surface area contributed by atoms with Crippen LogP contribution in [0.25, 0.3) is 16.4 Å². The smallest absolute Gasteiger partial charge is 0.357 e. The normalized spacial score (nSPS) is 13.4. The van der Waals surface area contributed by atoms with Gasteiger partial charge in [-0.3, -0.25) is 0 Å². The third-order valence-corrected chi connectivity index (χ3v) is 7.26. The molecule has 1 unspecified atom stereocenters. The maximum Gasteiger partial charge on any atom is 0.357 e. The second-order valence-corrected chi connectivity index (χ2v) is 9.97. The third-order valence-electron chi connectivity index (χ3n) is 5.72. The fourth-order valence-corrected chi connectivity index (χ4v) is 5.14. The first-order valence-electron chi connectivity index (χ1n) is 11.1. The molecule has 0 saturated heterocycles. The monoisotopic (exact) mass is 526 g/mol. The number of hydrogen-bond acceptors (Lipinski definition) is 8. The second kappa shape index (κ2) is 11.7. The second-order valence-electron chi connectivity index (χ2n) is 8.10. The molecule has 5 rings (SSSR count). The summed E-state index contributed by atoms with van der Waals surface area (Å²) in [4.78, 5) is 17.0. The Morgan fingerprint density at radius 2 is 1.86 bits per heavy atom. The van der Waals surface area contributed by atoms with Crippen molar-refractivity contribution in [3.63, 3.8) is 0 Å². The Balaban J connectivity index is 0.00000180. The number of carbonyl (C=O) groups excluding carboxylic acids is 1. The van der Waals surface area contributed by atoms with Crippen molar-refractivity contribution in [1.82, 2.24) is 20.9 Å². The summed E-state index contributed by atoms with van der Waals surface area (Å²) < 4.78 is 29.6. The Morgan fingerprint density at radius 3 is 2.47 bits per heavy atom. The predicted octanol–water partition coefficient (Wildman–Crippen LogP) is 5.62. The van der Waals surface area contributed by atoms with Crippen LogP contribution in [0.5, 0.6) is 0 Å². The van der Waals surface area contributed by atoms with Crippen molar-refractivity contribution in [2.75, 3.05) is 6.61 Å². The molecule has 4 aromatic rings. The fraction of sp³-hybridized carbons (Fsp3) is 0.269. The van der Waals surface area contributed by atoms with Crippen LogP contribution in [-0.4, -0.2) is 31.9 Å². The molecular formula is C26H30N4O4S2. The number of benzene rings is 2. The highest BCUT2D eigenvalue weighted by Crippen LogP contribution is 2.45. The highest BCUT2D eigenvalue weighted by molar-refractivity contribution is 7.79. The maximum absolute atomic E-state index is 12.2. The number of aromatic nitrogens is 3. The molecule has 1 atom stereocenters. The van der Waals surface area contributed by atoms with Gasteiger partial charge in [-0.25, -0.2) is 14.5 Å². The Kier molecular flexibility index (Phi) is 8.91. The van der Waals surface area contributed by atoms with Crippen molar-refractivity contribution in [3.05, 3.63) is 82.5 Å². The molecule has 190 valence electrons. The minimum atomic E-state index is -2.61. The molecular weight excluding hydrogens is 496 g/mol. The quantitative estimate of drug-likeness (QED) is 0.179. The van der Waals surface area contributed by atoms with Crippen LogP contribution in [0.2, 0.25) is 0 Å². The molecule has 36 heavy (non-hydrogen) atoms. The lowest BCUT2D eigenvalue weighted by Gasteiger charge is -2.08. The van der Waals surface area contributed by atoms with Crippen LogP contribution in [-0.2, 0) is 26.4 Å². The fourth-order valence-electron chi connectivity index (χ4n) is 3.99. The summed E-state index contributed by atoms with van der Waals surface area (Å²) in [6.07, 6.45) is 2.75. The molecule has 1 aliphatic carbocycles. The molecule has 8 nitrogen and oxygen atoms in total. The largest absolute Gasteiger partial charge is 0.612 e. The van der Waals surface area contributed by atoms with Gasteiger partial charge in [-0.1, -0.05) is 49.9 Å². The van der Waals surface area contributed by atoms with Gasteiger partial charge in [-0.05, 0) is 37.5 Å². The molecule has 1 saturated carbocycles. The first kappa shape index (κ1) is 27.4. The molecule has 0 amide bonds. The first-order chi connectivity index (χ1) is 16.5. The number of thiol groups is 1. The molecule has 2 heterocycles. The predicted molar refractivity (Wildman–Crippen MR) is 142 cm³/mol. The topological polar surface area (TPSA) is 132 Å². The molecule has 0 spiro atoms. The summed E-state index contributed by atoms with van der Waals surface area (Å²) in [6, 6.07) is 17.0. The first-order valence-corrected chi connectivity index (χ1v) is 13.1. The molecule has 2 aromatic carbocycles. The third kappa shape index (κ3) is 5.62. The Hall–Kier alpha value is -3.18. The minimum absolute atomic E-state index is 0. The molecule has 0 bridgehead atoms. The van der Waals surface area contributed by atoms with E-state index in [1.54, 1.807) is 24.4 Å². The van der Waals surface area contributed by atoms with Gasteiger partial charge in [-0.15, -0.1) is 15.5 Å². The van der Waals surface area contributed by atoms with Crippen molar-refractivity contribution < 1.29 is 18.3 Å². The van der Waals surface area contributed by atoms with E-state index >= 15 is 0 Å². The van der Waals surface area contributed by atoms with Crippen LogP contribution in [0.1, 0.15) is 60.4 Å². The van der Waals surface area contributed by atoms with Crippen molar-refractivity contribution >= 4 is 28.4 Å². The van der Waals surface area contributed by atoms with Gasteiger partial charge in [0.05, 0.1) is 29.1 Å². The number of rotatable bonds is 8. The van der Waals surface area contributed by atoms with E-state index in [1.165, 1.54) is 11.3 Å². The summed E-state index contributed by atoms with van der Waals surface area (Å²) in [7, 11) is 0. The van der Waals surface area contributed by atoms with E-state index in [-0.39, 0.29) is 19.3 Å². The van der Waals surface area contributed by atoms with Crippen molar-refractivity contribution in [2.45, 2.75) is 44.4 Å². The zero-order valence-electron chi connectivity index (χ0n) is 19.2. The number of thiazole rings is 1. The maximum atomic E-state index is 12.2. The van der Waals surface area contributed by atoms with E-state index in [1.807, 2.05) is 47.1 Å². The molecule has 10 heteroatoms. The van der Waals surface area contributed by atoms with Gasteiger partial charge >= 0.3 is 5.97 Å². The number of esters is 1. The van der Waals surface area contributed by atoms with Gasteiger partial charge in [0.15, 0.2) is 10.6 Å². The van der Waals surface area contributed by atoms with Crippen molar-refractivity contribution in [2.24, 2.45) is 0 Å². The highest BCUT2D eigenvalue weighted by atomic mass is 32.2. The molecule has 3 N–H and O–H groups in total. The summed E-state index contributed by atoms with van der Waals surface area (Å²) >= 11 is -1.24. The van der Waals surface area contributed by atoms with Crippen LogP contribution < -0.4 is 6.15 Å². The lowest BCUT2D eigenvalue weighted by Crippen LogP contribution is -2.07. The van der Waals surface area contributed by atoms with Gasteiger partial charge in [0, 0.05) is 28.8 Å². The average molecular weight is 527 g/mol. The Bertz CT molecular complexity index is 1350. The lowest BCUT2D eigenvalue weighted by molar-refractivity contribution is 0.0520. The molecule has 0 radical (unpaired) electrons. The number of ether oxygens (including phenoxy) is 1. The summed E-state index contributed by atoms with van der Waals surface area (Å²) in [5, 5.41) is 7.32. The highest BCUT2D eigenvalue weighted by Gasteiger charge is 2.34. The van der Waals surface area contributed by atoms with E-state index in [4.69, 9.17) is 9.84 Å². The number of nitrogens with zero attached hydrogens (tertiary/aromatic N) is 3. The zero-order valence-corrected chi connectivity index (χ0v) is 20.9. The SMILES string of the molecule is C.CCOC(=O)c1csc(-n2nc(-c3ccccc3)c(Cc3ccc([SH+](=O)[O-])cc3)c2C2CC2)n1.N. The molecule has 1 aliphatic rings. The van der Waals surface area contributed by atoms with E-state index in [9.17, 15) is 13.6 Å². The molecule has 0 aliphatic heterocycles. The summed E-state index contributed by atoms with van der Waals surface area (Å²) in [6.45, 7) is 2.06. The summed E-state index contributed by atoms with van der Waals surface area (Å²) in [5.74, 6) is -0.0734. The number of hydrogen-bond donors (Lipinski definition) is 1. The van der Waals surface area contributed by atoms with Gasteiger partial charge < -0.3 is 15.4 Å². The molecule has 2 aromatic heterocycles. The Morgan fingerprint density at radius 1 is 1.17 bits per heavy atom. The van der Waals surface area contributed by atoms with Crippen LogP contribution in [0.4, 0.5) is 0 Å². The number of carbonyl (C=O) groups is 1. The van der Waals surface area contributed by atoms with E-state index in [0.29, 0.717) is 29.0 Å². The molecule has 1 fully saturated rings. The van der Waals surface area contributed by atoms with E-state index < -0.39 is 17.0 Å². The van der Waals surface area contributed by atoms with Crippen LogP contribution >= 0.6 is 11.3 Å². The minimum Gasteiger partial charge on any atom is -0.612 e. The van der Waals surface area contributed by atoms with Crippen LogP contribution in [0, 0.1) is 0 Å². The Labute approximate surface area is 217 Å². The standard InChI is InChI=1S/C25H23N3O4S2.CH4.H3N/c1-2-32-24(29)21-15-33-25(26-21)28-23(18-10-11-18)20(22(27-28)17-6-4-3-5-7-17)14-16-8-12-19(13-9-16)34(30)31;;/h3-9,12-13,15,18,34H,2,10-11,14H2,1H3;1H4;1H3. The van der Waals surface area contributed by atoms with Gasteiger partial charge in [0.1, 0.15) is 0 Å². The zero-order chi connectivity index (χ0) is 23.7. The van der Waals surface area contributed by atoms with Crippen molar-refractivity contribution in [3.8, 4) is 16.4 Å². The average Bonchev–Trinajstić information content (AvgIpc) is 3.44. The van der Waals surface area contributed by atoms with Gasteiger partial charge in [0.25, 0.3) is 0 Å². The van der Waals surface area contributed by atoms with Gasteiger partial charge in [-0.2, -0.15) is 5.10 Å². The van der Waals surface area contributed by atoms with E-state index in [2.05, 4.69) is 4.98 Å².